The van der Waals surface area contributed by atoms with Crippen LogP contribution in [-0.4, -0.2) is 49.4 Å². The van der Waals surface area contributed by atoms with Gasteiger partial charge in [-0.25, -0.2) is 14.2 Å². The highest BCUT2D eigenvalue weighted by molar-refractivity contribution is 7.18. The molecule has 2 aromatic rings. The summed E-state index contributed by atoms with van der Waals surface area (Å²) in [4.78, 5) is 28.4. The predicted octanol–water partition coefficient (Wildman–Crippen LogP) is 5.50. The minimum atomic E-state index is -0.476. The molecule has 3 rings (SSSR count). The first kappa shape index (κ1) is 27.3. The molecule has 1 aromatic carbocycles. The number of hydrogen-bond acceptors (Lipinski definition) is 6. The Morgan fingerprint density at radius 2 is 1.78 bits per heavy atom. The van der Waals surface area contributed by atoms with Crippen LogP contribution in [0.1, 0.15) is 48.5 Å². The molecule has 194 valence electrons. The summed E-state index contributed by atoms with van der Waals surface area (Å²) in [5, 5.41) is 12.4. The monoisotopic (exact) mass is 515 g/mol. The van der Waals surface area contributed by atoms with Crippen molar-refractivity contribution >= 4 is 40.2 Å². The Morgan fingerprint density at radius 1 is 1.14 bits per heavy atom. The van der Waals surface area contributed by atoms with Gasteiger partial charge in [-0.15, -0.1) is 11.3 Å². The Labute approximate surface area is 215 Å². The Bertz CT molecular complexity index is 1150. The second-order valence-electron chi connectivity index (χ2n) is 9.57. The number of allylic oxidation sites excluding steroid dienone is 1. The number of morpholine rings is 1. The maximum atomic E-state index is 13.5. The number of amides is 3. The third-order valence-electron chi connectivity index (χ3n) is 5.54. The van der Waals surface area contributed by atoms with Crippen LogP contribution >= 0.6 is 11.3 Å². The van der Waals surface area contributed by atoms with Gasteiger partial charge in [-0.1, -0.05) is 20.8 Å². The molecule has 1 aliphatic heterocycles. The minimum absolute atomic E-state index is 0.0505. The van der Waals surface area contributed by atoms with Crippen molar-refractivity contribution in [1.29, 1.82) is 0 Å². The largest absolute Gasteiger partial charge is 0.378 e. The van der Waals surface area contributed by atoms with Crippen LogP contribution in [0.4, 0.5) is 19.9 Å². The fourth-order valence-electron chi connectivity index (χ4n) is 3.41. The Kier molecular flexibility index (Phi) is 8.86. The number of rotatable bonds is 6. The van der Waals surface area contributed by atoms with E-state index in [9.17, 15) is 14.0 Å². The number of anilines is 2. The fraction of sp³-hybridized carbons (Fsp3) is 0.423. The van der Waals surface area contributed by atoms with Gasteiger partial charge >= 0.3 is 6.03 Å². The van der Waals surface area contributed by atoms with Crippen LogP contribution in [0.2, 0.25) is 0 Å². The summed E-state index contributed by atoms with van der Waals surface area (Å²) in [5.41, 5.74) is 2.07. The molecule has 3 amide bonds. The predicted molar refractivity (Wildman–Crippen MR) is 143 cm³/mol. The number of hydrogen-bond donors (Lipinski definition) is 2. The van der Waals surface area contributed by atoms with Gasteiger partial charge < -0.3 is 9.64 Å². The van der Waals surface area contributed by atoms with Crippen LogP contribution in [0.3, 0.4) is 0 Å². The average molecular weight is 516 g/mol. The highest BCUT2D eigenvalue weighted by Crippen LogP contribution is 2.33. The van der Waals surface area contributed by atoms with Crippen molar-refractivity contribution in [3.05, 3.63) is 58.0 Å². The zero-order chi connectivity index (χ0) is 26.5. The standard InChI is InChI=1S/C26H34FN5O3S/c1-7-21(32(28-16-26(4,5)6)20-10-8-19(27)9-11-20)29-25(34)30-23-18(3)17(2)22(36-23)24(33)31-12-14-35-15-13-31/h7-11,16H,12-15H2,1-6H3,(H2,29,30,34)/b21-7-,28-16+. The Hall–Kier alpha value is -3.24. The molecule has 2 N–H and O–H groups in total. The van der Waals surface area contributed by atoms with Gasteiger partial charge in [0, 0.05) is 19.3 Å². The van der Waals surface area contributed by atoms with E-state index in [2.05, 4.69) is 15.7 Å². The average Bonchev–Trinajstić information content (AvgIpc) is 3.12. The molecular formula is C26H34FN5O3S. The number of benzene rings is 1. The molecular weight excluding hydrogens is 481 g/mol. The topological polar surface area (TPSA) is 86.3 Å². The number of nitrogens with zero attached hydrogens (tertiary/aromatic N) is 3. The number of hydrazone groups is 1. The molecule has 0 aliphatic carbocycles. The van der Waals surface area contributed by atoms with Crippen LogP contribution in [0.15, 0.2) is 41.3 Å². The van der Waals surface area contributed by atoms with Crippen LogP contribution in [0.25, 0.3) is 0 Å². The second kappa shape index (κ2) is 11.7. The third-order valence-corrected chi connectivity index (χ3v) is 6.84. The molecule has 1 saturated heterocycles. The van der Waals surface area contributed by atoms with Crippen LogP contribution in [0.5, 0.6) is 0 Å². The van der Waals surface area contributed by atoms with Crippen LogP contribution in [-0.2, 0) is 4.74 Å². The van der Waals surface area contributed by atoms with E-state index in [0.29, 0.717) is 47.7 Å². The lowest BCUT2D eigenvalue weighted by molar-refractivity contribution is 0.0305. The molecule has 1 fully saturated rings. The maximum Gasteiger partial charge on any atom is 0.325 e. The highest BCUT2D eigenvalue weighted by Gasteiger charge is 2.25. The summed E-state index contributed by atoms with van der Waals surface area (Å²) in [5.74, 6) is -0.0159. The van der Waals surface area contributed by atoms with E-state index in [1.54, 1.807) is 41.3 Å². The van der Waals surface area contributed by atoms with Gasteiger partial charge in [0.2, 0.25) is 0 Å². The molecule has 0 unspecified atom stereocenters. The quantitative estimate of drug-likeness (QED) is 0.393. The summed E-state index contributed by atoms with van der Waals surface area (Å²) < 4.78 is 18.9. The molecule has 0 spiro atoms. The van der Waals surface area contributed by atoms with E-state index in [1.807, 2.05) is 34.6 Å². The van der Waals surface area contributed by atoms with Crippen LogP contribution in [0, 0.1) is 25.1 Å². The number of ether oxygens (including phenoxy) is 1. The zero-order valence-electron chi connectivity index (χ0n) is 21.6. The highest BCUT2D eigenvalue weighted by atomic mass is 32.1. The van der Waals surface area contributed by atoms with Gasteiger partial charge in [-0.2, -0.15) is 5.10 Å². The molecule has 0 radical (unpaired) electrons. The number of halogens is 1. The van der Waals surface area contributed by atoms with Crippen LogP contribution < -0.4 is 15.6 Å². The van der Waals surface area contributed by atoms with Gasteiger partial charge in [0.15, 0.2) is 0 Å². The smallest absolute Gasteiger partial charge is 0.325 e. The summed E-state index contributed by atoms with van der Waals surface area (Å²) >= 11 is 1.26. The molecule has 10 heteroatoms. The normalized spacial score (nSPS) is 14.8. The van der Waals surface area contributed by atoms with E-state index in [1.165, 1.54) is 23.5 Å². The number of carbonyl (C=O) groups is 2. The summed E-state index contributed by atoms with van der Waals surface area (Å²) in [6, 6.07) is 5.39. The lowest BCUT2D eigenvalue weighted by Gasteiger charge is -2.26. The second-order valence-corrected chi connectivity index (χ2v) is 10.6. The molecule has 0 saturated carbocycles. The van der Waals surface area contributed by atoms with Crippen molar-refractivity contribution in [2.75, 3.05) is 36.6 Å². The van der Waals surface area contributed by atoms with Crippen molar-refractivity contribution in [2.24, 2.45) is 10.5 Å². The Balaban J connectivity index is 1.79. The van der Waals surface area contributed by atoms with E-state index >= 15 is 0 Å². The number of nitrogens with one attached hydrogen (secondary N) is 2. The fourth-order valence-corrected chi connectivity index (χ4v) is 4.59. The first-order valence-corrected chi connectivity index (χ1v) is 12.6. The lowest BCUT2D eigenvalue weighted by Crippen LogP contribution is -2.40. The van der Waals surface area contributed by atoms with Gasteiger partial charge in [-0.3, -0.25) is 15.4 Å². The number of thiophene rings is 1. The van der Waals surface area contributed by atoms with Crippen molar-refractivity contribution in [2.45, 2.75) is 41.5 Å². The van der Waals surface area contributed by atoms with E-state index in [4.69, 9.17) is 4.74 Å². The molecule has 0 bridgehead atoms. The van der Waals surface area contributed by atoms with E-state index in [-0.39, 0.29) is 17.1 Å². The number of urea groups is 1. The SMILES string of the molecule is C/C=C(/NC(=O)Nc1sc(C(=O)N2CCOCC2)c(C)c1C)N(/N=C/C(C)(C)C)c1ccc(F)cc1. The molecule has 8 nitrogen and oxygen atoms in total. The first-order valence-electron chi connectivity index (χ1n) is 11.8. The lowest BCUT2D eigenvalue weighted by atomic mass is 9.99. The Morgan fingerprint density at radius 3 is 2.36 bits per heavy atom. The number of carbonyl (C=O) groups excluding carboxylic acids is 2. The molecule has 1 aromatic heterocycles. The van der Waals surface area contributed by atoms with Crippen molar-refractivity contribution in [1.82, 2.24) is 10.2 Å². The molecule has 2 heterocycles. The third kappa shape index (κ3) is 6.92. The zero-order valence-corrected chi connectivity index (χ0v) is 22.5. The van der Waals surface area contributed by atoms with E-state index in [0.717, 1.165) is 11.1 Å². The van der Waals surface area contributed by atoms with Gasteiger partial charge in [0.1, 0.15) is 16.6 Å². The van der Waals surface area contributed by atoms with Crippen molar-refractivity contribution in [3.8, 4) is 0 Å². The summed E-state index contributed by atoms with van der Waals surface area (Å²) in [6.45, 7) is 13.7. The molecule has 1 aliphatic rings. The first-order chi connectivity index (χ1) is 17.0. The van der Waals surface area contributed by atoms with Crippen molar-refractivity contribution in [3.63, 3.8) is 0 Å². The molecule has 36 heavy (non-hydrogen) atoms. The maximum absolute atomic E-state index is 13.5. The van der Waals surface area contributed by atoms with E-state index < -0.39 is 6.03 Å². The minimum Gasteiger partial charge on any atom is -0.378 e. The van der Waals surface area contributed by atoms with Gasteiger partial charge in [0.05, 0.1) is 23.8 Å². The van der Waals surface area contributed by atoms with Gasteiger partial charge in [0.25, 0.3) is 5.91 Å². The summed E-state index contributed by atoms with van der Waals surface area (Å²) in [6.07, 6.45) is 3.47. The summed E-state index contributed by atoms with van der Waals surface area (Å²) in [7, 11) is 0. The van der Waals surface area contributed by atoms with Gasteiger partial charge in [-0.05, 0) is 67.7 Å². The van der Waals surface area contributed by atoms with Crippen molar-refractivity contribution < 1.29 is 18.7 Å². The molecule has 0 atom stereocenters.